The Kier molecular flexibility index (Phi) is 5.21. The standard InChI is InChI=1S/C18H18N4O4/c1-26-18(25)14-5-6-15(20-12-14)17(24)22-9-3-8-21(22)16(23)10-13-4-2-7-19-11-13/h2,4-7,11-12H,3,8-10H2,1H3. The van der Waals surface area contributed by atoms with E-state index in [2.05, 4.69) is 14.7 Å². The molecular weight excluding hydrogens is 336 g/mol. The highest BCUT2D eigenvalue weighted by Gasteiger charge is 2.31. The van der Waals surface area contributed by atoms with Gasteiger partial charge in [0, 0.05) is 31.7 Å². The molecule has 0 bridgehead atoms. The van der Waals surface area contributed by atoms with Gasteiger partial charge in [-0.3, -0.25) is 24.6 Å². The minimum absolute atomic E-state index is 0.165. The third-order valence-electron chi connectivity index (χ3n) is 4.04. The van der Waals surface area contributed by atoms with E-state index in [1.165, 1.54) is 35.5 Å². The Hall–Kier alpha value is -3.29. The fourth-order valence-electron chi connectivity index (χ4n) is 2.74. The molecule has 0 radical (unpaired) electrons. The van der Waals surface area contributed by atoms with Gasteiger partial charge >= 0.3 is 5.97 Å². The van der Waals surface area contributed by atoms with Crippen LogP contribution < -0.4 is 0 Å². The second kappa shape index (κ2) is 7.73. The average Bonchev–Trinajstić information content (AvgIpc) is 3.17. The highest BCUT2D eigenvalue weighted by Crippen LogP contribution is 2.16. The molecule has 0 spiro atoms. The molecule has 134 valence electrons. The predicted octanol–water partition coefficient (Wildman–Crippen LogP) is 1.10. The fourth-order valence-corrected chi connectivity index (χ4v) is 2.74. The van der Waals surface area contributed by atoms with Crippen molar-refractivity contribution in [3.05, 3.63) is 59.7 Å². The molecule has 2 amide bonds. The number of ether oxygens (including phenoxy) is 1. The van der Waals surface area contributed by atoms with Crippen molar-refractivity contribution in [2.75, 3.05) is 20.2 Å². The number of nitrogens with zero attached hydrogens (tertiary/aromatic N) is 4. The quantitative estimate of drug-likeness (QED) is 0.763. The van der Waals surface area contributed by atoms with Gasteiger partial charge in [-0.1, -0.05) is 6.07 Å². The lowest BCUT2D eigenvalue weighted by Gasteiger charge is -2.27. The van der Waals surface area contributed by atoms with E-state index in [4.69, 9.17) is 0 Å². The Morgan fingerprint density at radius 1 is 1.12 bits per heavy atom. The molecule has 26 heavy (non-hydrogen) atoms. The molecule has 1 aliphatic rings. The highest BCUT2D eigenvalue weighted by atomic mass is 16.5. The van der Waals surface area contributed by atoms with Crippen LogP contribution in [0.3, 0.4) is 0 Å². The maximum Gasteiger partial charge on any atom is 0.339 e. The Morgan fingerprint density at radius 2 is 1.92 bits per heavy atom. The lowest BCUT2D eigenvalue weighted by atomic mass is 10.2. The van der Waals surface area contributed by atoms with Crippen LogP contribution in [-0.4, -0.2) is 58.0 Å². The molecule has 0 atom stereocenters. The zero-order chi connectivity index (χ0) is 18.5. The number of hydrogen-bond acceptors (Lipinski definition) is 6. The smallest absolute Gasteiger partial charge is 0.339 e. The molecule has 0 saturated carbocycles. The SMILES string of the molecule is COC(=O)c1ccc(C(=O)N2CCCN2C(=O)Cc2cccnc2)nc1. The van der Waals surface area contributed by atoms with Gasteiger partial charge in [-0.05, 0) is 30.2 Å². The largest absolute Gasteiger partial charge is 0.465 e. The first kappa shape index (κ1) is 17.5. The normalized spacial score (nSPS) is 13.6. The van der Waals surface area contributed by atoms with Gasteiger partial charge in [-0.15, -0.1) is 0 Å². The molecule has 3 heterocycles. The van der Waals surface area contributed by atoms with Crippen LogP contribution in [0.4, 0.5) is 0 Å². The van der Waals surface area contributed by atoms with Crippen molar-refractivity contribution in [2.24, 2.45) is 0 Å². The number of aromatic nitrogens is 2. The Morgan fingerprint density at radius 3 is 2.58 bits per heavy atom. The summed E-state index contributed by atoms with van der Waals surface area (Å²) in [5, 5.41) is 2.85. The van der Waals surface area contributed by atoms with Crippen molar-refractivity contribution >= 4 is 17.8 Å². The van der Waals surface area contributed by atoms with Crippen LogP contribution in [0.25, 0.3) is 0 Å². The minimum atomic E-state index is -0.522. The first-order valence-corrected chi connectivity index (χ1v) is 8.15. The summed E-state index contributed by atoms with van der Waals surface area (Å²) in [5.74, 6) is -1.07. The number of hydrogen-bond donors (Lipinski definition) is 0. The maximum absolute atomic E-state index is 12.7. The summed E-state index contributed by atoms with van der Waals surface area (Å²) in [4.78, 5) is 44.7. The van der Waals surface area contributed by atoms with Gasteiger partial charge in [0.05, 0.1) is 19.1 Å². The molecular formula is C18H18N4O4. The predicted molar refractivity (Wildman–Crippen MR) is 90.9 cm³/mol. The van der Waals surface area contributed by atoms with E-state index >= 15 is 0 Å². The van der Waals surface area contributed by atoms with Crippen molar-refractivity contribution in [1.82, 2.24) is 20.0 Å². The molecule has 0 N–H and O–H groups in total. The molecule has 2 aromatic rings. The van der Waals surface area contributed by atoms with Crippen LogP contribution in [0.2, 0.25) is 0 Å². The summed E-state index contributed by atoms with van der Waals surface area (Å²) in [6.45, 7) is 0.920. The zero-order valence-corrected chi connectivity index (χ0v) is 14.3. The summed E-state index contributed by atoms with van der Waals surface area (Å²) >= 11 is 0. The fraction of sp³-hybridized carbons (Fsp3) is 0.278. The number of carbonyl (C=O) groups is 3. The highest BCUT2D eigenvalue weighted by molar-refractivity contribution is 5.95. The lowest BCUT2D eigenvalue weighted by Crippen LogP contribution is -2.45. The van der Waals surface area contributed by atoms with Gasteiger partial charge in [0.25, 0.3) is 5.91 Å². The monoisotopic (exact) mass is 354 g/mol. The van der Waals surface area contributed by atoms with Gasteiger partial charge in [0.15, 0.2) is 0 Å². The van der Waals surface area contributed by atoms with Crippen LogP contribution >= 0.6 is 0 Å². The molecule has 1 saturated heterocycles. The first-order chi connectivity index (χ1) is 12.6. The van der Waals surface area contributed by atoms with Gasteiger partial charge < -0.3 is 4.74 Å². The molecule has 1 aliphatic heterocycles. The second-order valence-electron chi connectivity index (χ2n) is 5.76. The van der Waals surface area contributed by atoms with E-state index in [1.54, 1.807) is 18.5 Å². The Balaban J connectivity index is 1.71. The number of methoxy groups -OCH3 is 1. The topological polar surface area (TPSA) is 92.7 Å². The van der Waals surface area contributed by atoms with Crippen LogP contribution in [0.1, 0.15) is 32.8 Å². The van der Waals surface area contributed by atoms with Crippen molar-refractivity contribution in [3.8, 4) is 0 Å². The zero-order valence-electron chi connectivity index (χ0n) is 14.3. The first-order valence-electron chi connectivity index (χ1n) is 8.15. The second-order valence-corrected chi connectivity index (χ2v) is 5.76. The molecule has 8 nitrogen and oxygen atoms in total. The number of pyridine rings is 2. The van der Waals surface area contributed by atoms with Crippen LogP contribution in [0.5, 0.6) is 0 Å². The van der Waals surface area contributed by atoms with Gasteiger partial charge in [0.1, 0.15) is 5.69 Å². The number of amides is 2. The van der Waals surface area contributed by atoms with E-state index in [0.717, 1.165) is 5.56 Å². The molecule has 0 unspecified atom stereocenters. The van der Waals surface area contributed by atoms with E-state index < -0.39 is 5.97 Å². The Bertz CT molecular complexity index is 808. The number of hydrazine groups is 1. The van der Waals surface area contributed by atoms with Crippen molar-refractivity contribution < 1.29 is 19.1 Å². The molecule has 8 heteroatoms. The van der Waals surface area contributed by atoms with Gasteiger partial charge in [0.2, 0.25) is 5.91 Å². The summed E-state index contributed by atoms with van der Waals surface area (Å²) in [6.07, 6.45) is 5.44. The van der Waals surface area contributed by atoms with Crippen LogP contribution in [0, 0.1) is 0 Å². The van der Waals surface area contributed by atoms with Gasteiger partial charge in [-0.2, -0.15) is 0 Å². The molecule has 1 fully saturated rings. The lowest BCUT2D eigenvalue weighted by molar-refractivity contribution is -0.139. The Labute approximate surface area is 150 Å². The summed E-state index contributed by atoms with van der Waals surface area (Å²) in [5.41, 5.74) is 1.21. The number of rotatable bonds is 4. The molecule has 0 aromatic carbocycles. The van der Waals surface area contributed by atoms with Crippen molar-refractivity contribution in [2.45, 2.75) is 12.8 Å². The van der Waals surface area contributed by atoms with E-state index in [9.17, 15) is 14.4 Å². The third-order valence-corrected chi connectivity index (χ3v) is 4.04. The van der Waals surface area contributed by atoms with Crippen molar-refractivity contribution in [1.29, 1.82) is 0 Å². The number of carbonyl (C=O) groups excluding carboxylic acids is 3. The van der Waals surface area contributed by atoms with Crippen LogP contribution in [0.15, 0.2) is 42.9 Å². The molecule has 2 aromatic heterocycles. The van der Waals surface area contributed by atoms with Gasteiger partial charge in [-0.25, -0.2) is 9.80 Å². The number of esters is 1. The maximum atomic E-state index is 12.7. The van der Waals surface area contributed by atoms with E-state index in [0.29, 0.717) is 19.5 Å². The molecule has 3 rings (SSSR count). The third kappa shape index (κ3) is 3.69. The van der Waals surface area contributed by atoms with Crippen LogP contribution in [-0.2, 0) is 16.0 Å². The summed E-state index contributed by atoms with van der Waals surface area (Å²) in [7, 11) is 1.28. The van der Waals surface area contributed by atoms with Crippen molar-refractivity contribution in [3.63, 3.8) is 0 Å². The summed E-state index contributed by atoms with van der Waals surface area (Å²) < 4.78 is 4.61. The minimum Gasteiger partial charge on any atom is -0.465 e. The molecule has 0 aliphatic carbocycles. The summed E-state index contributed by atoms with van der Waals surface area (Å²) in [6, 6.07) is 6.52. The van der Waals surface area contributed by atoms with E-state index in [1.807, 2.05) is 6.07 Å². The average molecular weight is 354 g/mol. The van der Waals surface area contributed by atoms with E-state index in [-0.39, 0.29) is 29.5 Å².